The van der Waals surface area contributed by atoms with Crippen LogP contribution in [0.1, 0.15) is 30.7 Å². The van der Waals surface area contributed by atoms with E-state index in [9.17, 15) is 8.42 Å². The van der Waals surface area contributed by atoms with E-state index >= 15 is 0 Å². The van der Waals surface area contributed by atoms with Gasteiger partial charge in [-0.25, -0.2) is 13.1 Å². The molecule has 0 radical (unpaired) electrons. The molecule has 106 valence electrons. The first kappa shape index (κ1) is 14.4. The number of nitrogens with zero attached hydrogens (tertiary/aromatic N) is 1. The molecule has 0 amide bonds. The standard InChI is InChI=1S/C13H21N3O2S/c1-11(13-6-2-3-8-15-13)19(17,18)16-10-12-5-4-7-14-9-12/h2-3,6,8,11-12,14,16H,4-5,7,9-10H2,1H3/t11-,12+/m0/s1. The Hall–Kier alpha value is -0.980. The van der Waals surface area contributed by atoms with Crippen LogP contribution in [0.25, 0.3) is 0 Å². The van der Waals surface area contributed by atoms with Crippen molar-refractivity contribution in [3.63, 3.8) is 0 Å². The number of pyridine rings is 1. The molecule has 1 aromatic heterocycles. The molecule has 5 nitrogen and oxygen atoms in total. The second-order valence-corrected chi connectivity index (χ2v) is 7.09. The van der Waals surface area contributed by atoms with E-state index in [2.05, 4.69) is 15.0 Å². The second kappa shape index (κ2) is 6.45. The Bertz CT molecular complexity index is 484. The zero-order valence-electron chi connectivity index (χ0n) is 11.2. The fraction of sp³-hybridized carbons (Fsp3) is 0.615. The summed E-state index contributed by atoms with van der Waals surface area (Å²) in [7, 11) is -3.35. The summed E-state index contributed by atoms with van der Waals surface area (Å²) >= 11 is 0. The molecule has 0 saturated carbocycles. The average molecular weight is 283 g/mol. The van der Waals surface area contributed by atoms with Gasteiger partial charge in [-0.15, -0.1) is 0 Å². The van der Waals surface area contributed by atoms with Gasteiger partial charge in [0.05, 0.1) is 5.69 Å². The first-order valence-corrected chi connectivity index (χ1v) is 8.24. The first-order valence-electron chi connectivity index (χ1n) is 6.70. The Morgan fingerprint density at radius 1 is 1.53 bits per heavy atom. The van der Waals surface area contributed by atoms with Crippen LogP contribution in [0.5, 0.6) is 0 Å². The molecule has 6 heteroatoms. The molecule has 0 unspecified atom stereocenters. The zero-order chi connectivity index (χ0) is 13.7. The molecule has 1 aliphatic rings. The largest absolute Gasteiger partial charge is 0.316 e. The van der Waals surface area contributed by atoms with Crippen LogP contribution < -0.4 is 10.0 Å². The minimum Gasteiger partial charge on any atom is -0.316 e. The summed E-state index contributed by atoms with van der Waals surface area (Å²) < 4.78 is 27.1. The van der Waals surface area contributed by atoms with Crippen molar-refractivity contribution < 1.29 is 8.42 Å². The van der Waals surface area contributed by atoms with Gasteiger partial charge in [-0.2, -0.15) is 0 Å². The number of sulfonamides is 1. The van der Waals surface area contributed by atoms with Gasteiger partial charge in [0.25, 0.3) is 0 Å². The summed E-state index contributed by atoms with van der Waals surface area (Å²) in [6.45, 7) is 4.10. The van der Waals surface area contributed by atoms with E-state index in [1.807, 2.05) is 0 Å². The SMILES string of the molecule is C[C@@H](c1ccccn1)S(=O)(=O)NC[C@@H]1CCCNC1. The molecule has 19 heavy (non-hydrogen) atoms. The van der Waals surface area contributed by atoms with E-state index in [-0.39, 0.29) is 0 Å². The van der Waals surface area contributed by atoms with Gasteiger partial charge in [-0.3, -0.25) is 4.98 Å². The Balaban J connectivity index is 1.94. The van der Waals surface area contributed by atoms with Crippen molar-refractivity contribution in [3.8, 4) is 0 Å². The van der Waals surface area contributed by atoms with Gasteiger partial charge < -0.3 is 5.32 Å². The number of hydrogen-bond donors (Lipinski definition) is 2. The van der Waals surface area contributed by atoms with Crippen LogP contribution in [0.15, 0.2) is 24.4 Å². The van der Waals surface area contributed by atoms with E-state index < -0.39 is 15.3 Å². The van der Waals surface area contributed by atoms with E-state index in [0.717, 1.165) is 25.9 Å². The van der Waals surface area contributed by atoms with E-state index in [1.54, 1.807) is 31.3 Å². The van der Waals surface area contributed by atoms with Crippen LogP contribution in [0.4, 0.5) is 0 Å². The number of nitrogens with one attached hydrogen (secondary N) is 2. The van der Waals surface area contributed by atoms with Crippen molar-refractivity contribution in [2.45, 2.75) is 25.0 Å². The maximum absolute atomic E-state index is 12.2. The minimum absolute atomic E-state index is 0.388. The molecule has 0 aliphatic carbocycles. The first-order chi connectivity index (χ1) is 9.09. The maximum Gasteiger partial charge on any atom is 0.219 e. The average Bonchev–Trinajstić information content (AvgIpc) is 2.46. The van der Waals surface area contributed by atoms with E-state index in [0.29, 0.717) is 18.2 Å². The van der Waals surface area contributed by atoms with Crippen LogP contribution in [-0.4, -0.2) is 33.0 Å². The van der Waals surface area contributed by atoms with Gasteiger partial charge in [0, 0.05) is 12.7 Å². The van der Waals surface area contributed by atoms with Crippen molar-refractivity contribution in [1.82, 2.24) is 15.0 Å². The van der Waals surface area contributed by atoms with Crippen LogP contribution in [-0.2, 0) is 10.0 Å². The highest BCUT2D eigenvalue weighted by molar-refractivity contribution is 7.89. The fourth-order valence-electron chi connectivity index (χ4n) is 2.23. The Kier molecular flexibility index (Phi) is 4.90. The zero-order valence-corrected chi connectivity index (χ0v) is 12.0. The maximum atomic E-state index is 12.2. The van der Waals surface area contributed by atoms with Crippen molar-refractivity contribution in [2.75, 3.05) is 19.6 Å². The lowest BCUT2D eigenvalue weighted by Crippen LogP contribution is -2.39. The molecule has 1 aromatic rings. The molecule has 1 fully saturated rings. The normalized spacial score (nSPS) is 22.1. The Labute approximate surface area is 114 Å². The third-order valence-corrected chi connectivity index (χ3v) is 5.28. The molecule has 2 atom stereocenters. The lowest BCUT2D eigenvalue weighted by molar-refractivity contribution is 0.375. The van der Waals surface area contributed by atoms with E-state index in [1.165, 1.54) is 0 Å². The van der Waals surface area contributed by atoms with Crippen molar-refractivity contribution in [1.29, 1.82) is 0 Å². The number of aromatic nitrogens is 1. The van der Waals surface area contributed by atoms with Crippen LogP contribution in [0.2, 0.25) is 0 Å². The predicted molar refractivity (Wildman–Crippen MR) is 75.2 cm³/mol. The summed E-state index contributed by atoms with van der Waals surface area (Å²) in [6.07, 6.45) is 3.81. The van der Waals surface area contributed by atoms with Gasteiger partial charge >= 0.3 is 0 Å². The summed E-state index contributed by atoms with van der Waals surface area (Å²) in [5.74, 6) is 0.388. The highest BCUT2D eigenvalue weighted by atomic mass is 32.2. The molecular weight excluding hydrogens is 262 g/mol. The number of hydrogen-bond acceptors (Lipinski definition) is 4. The van der Waals surface area contributed by atoms with Crippen molar-refractivity contribution >= 4 is 10.0 Å². The third kappa shape index (κ3) is 3.99. The molecule has 2 heterocycles. The van der Waals surface area contributed by atoms with Crippen molar-refractivity contribution in [3.05, 3.63) is 30.1 Å². The lowest BCUT2D eigenvalue weighted by Gasteiger charge is -2.23. The van der Waals surface area contributed by atoms with Gasteiger partial charge in [0.15, 0.2) is 0 Å². The highest BCUT2D eigenvalue weighted by Gasteiger charge is 2.24. The summed E-state index contributed by atoms with van der Waals surface area (Å²) in [6, 6.07) is 5.33. The van der Waals surface area contributed by atoms with E-state index in [4.69, 9.17) is 0 Å². The number of piperidine rings is 1. The van der Waals surface area contributed by atoms with Crippen molar-refractivity contribution in [2.24, 2.45) is 5.92 Å². The van der Waals surface area contributed by atoms with Gasteiger partial charge in [-0.05, 0) is 50.9 Å². The molecule has 0 spiro atoms. The monoisotopic (exact) mass is 283 g/mol. The molecule has 0 bridgehead atoms. The fourth-order valence-corrected chi connectivity index (χ4v) is 3.41. The molecule has 2 rings (SSSR count). The second-order valence-electron chi connectivity index (χ2n) is 5.00. The number of rotatable bonds is 5. The molecule has 0 aromatic carbocycles. The quantitative estimate of drug-likeness (QED) is 0.848. The molecule has 1 saturated heterocycles. The molecule has 1 aliphatic heterocycles. The molecule has 2 N–H and O–H groups in total. The van der Waals surface area contributed by atoms with Gasteiger partial charge in [0.2, 0.25) is 10.0 Å². The lowest BCUT2D eigenvalue weighted by atomic mass is 10.0. The van der Waals surface area contributed by atoms with Crippen LogP contribution in [0.3, 0.4) is 0 Å². The summed E-state index contributed by atoms with van der Waals surface area (Å²) in [5.41, 5.74) is 0.580. The topological polar surface area (TPSA) is 71.1 Å². The van der Waals surface area contributed by atoms with Gasteiger partial charge in [0.1, 0.15) is 5.25 Å². The minimum atomic E-state index is -3.35. The summed E-state index contributed by atoms with van der Waals surface area (Å²) in [4.78, 5) is 4.11. The van der Waals surface area contributed by atoms with Crippen LogP contribution in [0, 0.1) is 5.92 Å². The highest BCUT2D eigenvalue weighted by Crippen LogP contribution is 2.18. The third-order valence-electron chi connectivity index (χ3n) is 3.54. The Morgan fingerprint density at radius 3 is 3.00 bits per heavy atom. The Morgan fingerprint density at radius 2 is 2.37 bits per heavy atom. The summed E-state index contributed by atoms with van der Waals surface area (Å²) in [5, 5.41) is 2.66. The van der Waals surface area contributed by atoms with Crippen LogP contribution >= 0.6 is 0 Å². The predicted octanol–water partition coefficient (Wildman–Crippen LogP) is 1.06. The van der Waals surface area contributed by atoms with Gasteiger partial charge in [-0.1, -0.05) is 6.07 Å². The smallest absolute Gasteiger partial charge is 0.219 e. The molecular formula is C13H21N3O2S.